The first-order valence-electron chi connectivity index (χ1n) is 9.22. The zero-order chi connectivity index (χ0) is 19.4. The molecule has 0 fully saturated rings. The smallest absolute Gasteiger partial charge is 0.210 e. The average Bonchev–Trinajstić information content (AvgIpc) is 2.75. The van der Waals surface area contributed by atoms with Crippen LogP contribution < -0.4 is 4.72 Å². The number of fused-ring (bicyclic) bond motifs is 1. The molecule has 0 radical (unpaired) electrons. The van der Waals surface area contributed by atoms with Crippen molar-refractivity contribution in [2.45, 2.75) is 10.8 Å². The molecule has 0 saturated carbocycles. The van der Waals surface area contributed by atoms with E-state index in [-0.39, 0.29) is 10.8 Å². The molecule has 4 aromatic rings. The lowest BCUT2D eigenvalue weighted by molar-refractivity contribution is 0.577. The third kappa shape index (κ3) is 3.98. The Balaban J connectivity index is 1.62. The van der Waals surface area contributed by atoms with E-state index in [1.54, 1.807) is 12.1 Å². The molecule has 0 aliphatic rings. The van der Waals surface area contributed by atoms with Crippen molar-refractivity contribution in [2.75, 3.05) is 6.54 Å². The van der Waals surface area contributed by atoms with Crippen LogP contribution in [0.1, 0.15) is 17.0 Å². The fourth-order valence-corrected chi connectivity index (χ4v) is 4.49. The van der Waals surface area contributed by atoms with Crippen molar-refractivity contribution in [3.63, 3.8) is 0 Å². The number of nitrogens with one attached hydrogen (secondary N) is 1. The summed E-state index contributed by atoms with van der Waals surface area (Å²) in [5.74, 6) is -0.0577. The molecule has 1 N–H and O–H groups in total. The van der Waals surface area contributed by atoms with Gasteiger partial charge in [-0.15, -0.1) is 0 Å². The maximum absolute atomic E-state index is 12.9. The molecule has 140 valence electrons. The van der Waals surface area contributed by atoms with E-state index in [4.69, 9.17) is 0 Å². The standard InChI is InChI=1S/C24H21NO2S/c26-28(27,23-16-15-19-9-7-8-14-22(19)17-23)25-18-24(20-10-3-1-4-11-20)21-12-5-2-6-13-21/h1-17,24-25H,18H2. The molecule has 4 heteroatoms. The predicted octanol–water partition coefficient (Wildman–Crippen LogP) is 4.95. The van der Waals surface area contributed by atoms with Gasteiger partial charge in [-0.25, -0.2) is 13.1 Å². The maximum atomic E-state index is 12.9. The monoisotopic (exact) mass is 387 g/mol. The topological polar surface area (TPSA) is 46.2 Å². The van der Waals surface area contributed by atoms with Gasteiger partial charge < -0.3 is 0 Å². The maximum Gasteiger partial charge on any atom is 0.240 e. The molecule has 0 amide bonds. The van der Waals surface area contributed by atoms with Crippen molar-refractivity contribution in [1.82, 2.24) is 4.72 Å². The van der Waals surface area contributed by atoms with Gasteiger partial charge in [0, 0.05) is 12.5 Å². The van der Waals surface area contributed by atoms with Crippen LogP contribution in [0.25, 0.3) is 10.8 Å². The molecule has 0 bridgehead atoms. The molecule has 4 rings (SSSR count). The van der Waals surface area contributed by atoms with Gasteiger partial charge >= 0.3 is 0 Å². The lowest BCUT2D eigenvalue weighted by Gasteiger charge is -2.19. The molecule has 0 aliphatic heterocycles. The van der Waals surface area contributed by atoms with Crippen LogP contribution in [0.15, 0.2) is 108 Å². The van der Waals surface area contributed by atoms with Crippen molar-refractivity contribution in [3.05, 3.63) is 114 Å². The van der Waals surface area contributed by atoms with Crippen molar-refractivity contribution in [3.8, 4) is 0 Å². The van der Waals surface area contributed by atoms with Gasteiger partial charge in [-0.1, -0.05) is 91.0 Å². The minimum absolute atomic E-state index is 0.0577. The summed E-state index contributed by atoms with van der Waals surface area (Å²) in [5, 5.41) is 1.93. The lowest BCUT2D eigenvalue weighted by Crippen LogP contribution is -2.29. The molecule has 0 aliphatic carbocycles. The van der Waals surface area contributed by atoms with E-state index < -0.39 is 10.0 Å². The summed E-state index contributed by atoms with van der Waals surface area (Å²) in [6.45, 7) is 0.295. The summed E-state index contributed by atoms with van der Waals surface area (Å²) in [6.07, 6.45) is 0. The number of hydrogen-bond acceptors (Lipinski definition) is 2. The highest BCUT2D eigenvalue weighted by Gasteiger charge is 2.19. The number of rotatable bonds is 6. The second kappa shape index (κ2) is 7.97. The lowest BCUT2D eigenvalue weighted by atomic mass is 9.92. The Morgan fingerprint density at radius 2 is 1.18 bits per heavy atom. The molecule has 0 aromatic heterocycles. The summed E-state index contributed by atoms with van der Waals surface area (Å²) >= 11 is 0. The van der Waals surface area contributed by atoms with Gasteiger partial charge in [-0.3, -0.25) is 0 Å². The highest BCUT2D eigenvalue weighted by Crippen LogP contribution is 2.25. The highest BCUT2D eigenvalue weighted by atomic mass is 32.2. The summed E-state index contributed by atoms with van der Waals surface area (Å²) in [4.78, 5) is 0.283. The van der Waals surface area contributed by atoms with Crippen LogP contribution in [-0.2, 0) is 10.0 Å². The first kappa shape index (κ1) is 18.4. The van der Waals surface area contributed by atoms with Gasteiger partial charge in [-0.2, -0.15) is 0 Å². The van der Waals surface area contributed by atoms with E-state index in [2.05, 4.69) is 4.72 Å². The Bertz CT molecular complexity index is 1130. The van der Waals surface area contributed by atoms with E-state index in [0.29, 0.717) is 6.54 Å². The first-order valence-corrected chi connectivity index (χ1v) is 10.7. The summed E-state index contributed by atoms with van der Waals surface area (Å²) < 4.78 is 28.7. The van der Waals surface area contributed by atoms with Gasteiger partial charge in [-0.05, 0) is 34.0 Å². The normalized spacial score (nSPS) is 11.8. The van der Waals surface area contributed by atoms with E-state index in [0.717, 1.165) is 21.9 Å². The minimum Gasteiger partial charge on any atom is -0.210 e. The summed E-state index contributed by atoms with van der Waals surface area (Å²) in [7, 11) is -3.61. The van der Waals surface area contributed by atoms with Gasteiger partial charge in [0.05, 0.1) is 4.90 Å². The SMILES string of the molecule is O=S(=O)(NCC(c1ccccc1)c1ccccc1)c1ccc2ccccc2c1. The molecular weight excluding hydrogens is 366 g/mol. The predicted molar refractivity (Wildman–Crippen MR) is 114 cm³/mol. The third-order valence-electron chi connectivity index (χ3n) is 4.91. The van der Waals surface area contributed by atoms with Crippen LogP contribution >= 0.6 is 0 Å². The summed E-state index contributed by atoms with van der Waals surface area (Å²) in [5.41, 5.74) is 2.16. The van der Waals surface area contributed by atoms with Crippen LogP contribution in [0.4, 0.5) is 0 Å². The van der Waals surface area contributed by atoms with Crippen molar-refractivity contribution < 1.29 is 8.42 Å². The van der Waals surface area contributed by atoms with Crippen molar-refractivity contribution in [1.29, 1.82) is 0 Å². The Kier molecular flexibility index (Phi) is 5.24. The third-order valence-corrected chi connectivity index (χ3v) is 6.33. The first-order chi connectivity index (χ1) is 13.6. The largest absolute Gasteiger partial charge is 0.240 e. The number of sulfonamides is 1. The van der Waals surface area contributed by atoms with Crippen LogP contribution in [-0.4, -0.2) is 15.0 Å². The zero-order valence-corrected chi connectivity index (χ0v) is 16.1. The van der Waals surface area contributed by atoms with Gasteiger partial charge in [0.25, 0.3) is 0 Å². The van der Waals surface area contributed by atoms with E-state index in [9.17, 15) is 8.42 Å². The minimum atomic E-state index is -3.61. The van der Waals surface area contributed by atoms with Crippen molar-refractivity contribution in [2.24, 2.45) is 0 Å². The Morgan fingerprint density at radius 1 is 0.643 bits per heavy atom. The van der Waals surface area contributed by atoms with E-state index in [1.165, 1.54) is 0 Å². The second-order valence-electron chi connectivity index (χ2n) is 6.73. The van der Waals surface area contributed by atoms with Crippen molar-refractivity contribution >= 4 is 20.8 Å². The van der Waals surface area contributed by atoms with Gasteiger partial charge in [0.1, 0.15) is 0 Å². The Morgan fingerprint density at radius 3 is 1.79 bits per heavy atom. The number of benzene rings is 4. The number of hydrogen-bond donors (Lipinski definition) is 1. The van der Waals surface area contributed by atoms with Crippen LogP contribution in [0.5, 0.6) is 0 Å². The zero-order valence-electron chi connectivity index (χ0n) is 15.3. The fourth-order valence-electron chi connectivity index (χ4n) is 3.41. The van der Waals surface area contributed by atoms with E-state index >= 15 is 0 Å². The van der Waals surface area contributed by atoms with Crippen LogP contribution in [0, 0.1) is 0 Å². The van der Waals surface area contributed by atoms with Gasteiger partial charge in [0.15, 0.2) is 0 Å². The molecule has 0 saturated heterocycles. The second-order valence-corrected chi connectivity index (χ2v) is 8.50. The molecule has 28 heavy (non-hydrogen) atoms. The molecule has 4 aromatic carbocycles. The molecule has 0 unspecified atom stereocenters. The molecule has 0 atom stereocenters. The summed E-state index contributed by atoms with van der Waals surface area (Å²) in [6, 6.07) is 32.9. The van der Waals surface area contributed by atoms with Crippen LogP contribution in [0.2, 0.25) is 0 Å². The van der Waals surface area contributed by atoms with Crippen LogP contribution in [0.3, 0.4) is 0 Å². The van der Waals surface area contributed by atoms with Gasteiger partial charge in [0.2, 0.25) is 10.0 Å². The quantitative estimate of drug-likeness (QED) is 0.509. The highest BCUT2D eigenvalue weighted by molar-refractivity contribution is 7.89. The molecular formula is C24H21NO2S. The fraction of sp³-hybridized carbons (Fsp3) is 0.0833. The molecule has 0 spiro atoms. The van der Waals surface area contributed by atoms with E-state index in [1.807, 2.05) is 91.0 Å². The Hall–Kier alpha value is -2.95. The Labute approximate surface area is 165 Å². The molecule has 0 heterocycles. The average molecular weight is 388 g/mol. The molecule has 3 nitrogen and oxygen atoms in total.